The van der Waals surface area contributed by atoms with Gasteiger partial charge in [-0.3, -0.25) is 4.79 Å². The molecular formula is C12H15ClN2O3. The summed E-state index contributed by atoms with van der Waals surface area (Å²) in [6.07, 6.45) is 0.453. The summed E-state index contributed by atoms with van der Waals surface area (Å²) < 4.78 is 10.5. The molecule has 0 unspecified atom stereocenters. The van der Waals surface area contributed by atoms with Gasteiger partial charge in [0.15, 0.2) is 11.5 Å². The Balaban J connectivity index is 1.87. The topological polar surface area (TPSA) is 59.6 Å². The summed E-state index contributed by atoms with van der Waals surface area (Å²) in [5.41, 5.74) is 1.00. The van der Waals surface area contributed by atoms with E-state index in [1.54, 1.807) is 7.05 Å². The van der Waals surface area contributed by atoms with Crippen LogP contribution in [0.5, 0.6) is 11.5 Å². The minimum Gasteiger partial charge on any atom is -0.454 e. The first-order chi connectivity index (χ1) is 8.70. The highest BCUT2D eigenvalue weighted by molar-refractivity contribution is 6.32. The van der Waals surface area contributed by atoms with Gasteiger partial charge in [0, 0.05) is 26.6 Å². The molecular weight excluding hydrogens is 256 g/mol. The van der Waals surface area contributed by atoms with Crippen molar-refractivity contribution in [2.75, 3.05) is 20.4 Å². The molecule has 1 aromatic rings. The normalized spacial score (nSPS) is 12.6. The van der Waals surface area contributed by atoms with Crippen LogP contribution in [0.2, 0.25) is 5.02 Å². The van der Waals surface area contributed by atoms with Crippen molar-refractivity contribution < 1.29 is 14.3 Å². The van der Waals surface area contributed by atoms with E-state index < -0.39 is 0 Å². The van der Waals surface area contributed by atoms with Gasteiger partial charge in [-0.15, -0.1) is 0 Å². The lowest BCUT2D eigenvalue weighted by Gasteiger charge is -2.06. The van der Waals surface area contributed by atoms with Crippen LogP contribution in [0.1, 0.15) is 12.0 Å². The second-order valence-electron chi connectivity index (χ2n) is 3.91. The van der Waals surface area contributed by atoms with Gasteiger partial charge in [-0.1, -0.05) is 11.6 Å². The Morgan fingerprint density at radius 3 is 3.06 bits per heavy atom. The van der Waals surface area contributed by atoms with Crippen molar-refractivity contribution >= 4 is 17.5 Å². The predicted molar refractivity (Wildman–Crippen MR) is 68.0 cm³/mol. The van der Waals surface area contributed by atoms with Gasteiger partial charge in [0.2, 0.25) is 12.7 Å². The molecule has 0 radical (unpaired) electrons. The third-order valence-corrected chi connectivity index (χ3v) is 2.90. The van der Waals surface area contributed by atoms with Crippen molar-refractivity contribution in [3.8, 4) is 11.5 Å². The molecule has 0 saturated heterocycles. The van der Waals surface area contributed by atoms with Crippen LogP contribution in [0, 0.1) is 0 Å². The van der Waals surface area contributed by atoms with Crippen LogP contribution < -0.4 is 20.1 Å². The van der Waals surface area contributed by atoms with Crippen LogP contribution >= 0.6 is 11.6 Å². The summed E-state index contributed by atoms with van der Waals surface area (Å²) >= 11 is 6.06. The lowest BCUT2D eigenvalue weighted by molar-refractivity contribution is -0.120. The van der Waals surface area contributed by atoms with Gasteiger partial charge in [0.1, 0.15) is 0 Å². The highest BCUT2D eigenvalue weighted by atomic mass is 35.5. The molecule has 0 saturated carbocycles. The lowest BCUT2D eigenvalue weighted by atomic mass is 10.2. The van der Waals surface area contributed by atoms with E-state index in [1.807, 2.05) is 12.1 Å². The Kier molecular flexibility index (Phi) is 4.28. The van der Waals surface area contributed by atoms with Gasteiger partial charge >= 0.3 is 0 Å². The van der Waals surface area contributed by atoms with Gasteiger partial charge in [0.25, 0.3) is 0 Å². The average Bonchev–Trinajstić information content (AvgIpc) is 2.83. The maximum atomic E-state index is 11.0. The number of carbonyl (C=O) groups excluding carboxylic acids is 1. The fourth-order valence-corrected chi connectivity index (χ4v) is 1.97. The van der Waals surface area contributed by atoms with E-state index in [9.17, 15) is 4.79 Å². The molecule has 0 aromatic heterocycles. The maximum Gasteiger partial charge on any atom is 0.231 e. The fraction of sp³-hybridized carbons (Fsp3) is 0.417. The largest absolute Gasteiger partial charge is 0.454 e. The smallest absolute Gasteiger partial charge is 0.231 e. The van der Waals surface area contributed by atoms with Crippen molar-refractivity contribution in [3.63, 3.8) is 0 Å². The van der Waals surface area contributed by atoms with Crippen molar-refractivity contribution in [3.05, 3.63) is 22.7 Å². The van der Waals surface area contributed by atoms with Gasteiger partial charge in [-0.05, 0) is 17.7 Å². The zero-order valence-corrected chi connectivity index (χ0v) is 10.8. The number of hydrogen-bond acceptors (Lipinski definition) is 4. The number of nitrogens with one attached hydrogen (secondary N) is 2. The standard InChI is InChI=1S/C12H15ClN2O3/c1-14-11(16)2-3-15-6-8-4-9(13)12-10(5-8)17-7-18-12/h4-5,15H,2-3,6-7H2,1H3,(H,14,16). The third-order valence-electron chi connectivity index (χ3n) is 2.62. The zero-order chi connectivity index (χ0) is 13.0. The van der Waals surface area contributed by atoms with Crippen LogP contribution in [-0.2, 0) is 11.3 Å². The van der Waals surface area contributed by atoms with E-state index in [2.05, 4.69) is 10.6 Å². The Morgan fingerprint density at radius 1 is 1.44 bits per heavy atom. The number of fused-ring (bicyclic) bond motifs is 1. The van der Waals surface area contributed by atoms with E-state index in [0.29, 0.717) is 36.0 Å². The second kappa shape index (κ2) is 5.93. The number of benzene rings is 1. The van der Waals surface area contributed by atoms with Gasteiger partial charge in [0.05, 0.1) is 5.02 Å². The summed E-state index contributed by atoms with van der Waals surface area (Å²) in [6.45, 7) is 1.46. The lowest BCUT2D eigenvalue weighted by Crippen LogP contribution is -2.24. The molecule has 0 aliphatic carbocycles. The molecule has 0 fully saturated rings. The number of amides is 1. The molecule has 2 rings (SSSR count). The molecule has 6 heteroatoms. The molecule has 1 heterocycles. The number of halogens is 1. The van der Waals surface area contributed by atoms with Gasteiger partial charge in [-0.25, -0.2) is 0 Å². The molecule has 1 aromatic carbocycles. The van der Waals surface area contributed by atoms with Gasteiger partial charge < -0.3 is 20.1 Å². The molecule has 0 bridgehead atoms. The monoisotopic (exact) mass is 270 g/mol. The third kappa shape index (κ3) is 3.05. The summed E-state index contributed by atoms with van der Waals surface area (Å²) in [4.78, 5) is 11.0. The SMILES string of the molecule is CNC(=O)CCNCc1cc(Cl)c2c(c1)OCO2. The molecule has 1 aliphatic heterocycles. The first-order valence-corrected chi connectivity index (χ1v) is 6.08. The average molecular weight is 271 g/mol. The van der Waals surface area contributed by atoms with E-state index in [-0.39, 0.29) is 12.7 Å². The minimum atomic E-state index is 0.0196. The molecule has 1 amide bonds. The zero-order valence-electron chi connectivity index (χ0n) is 10.1. The Hall–Kier alpha value is -1.46. The Bertz CT molecular complexity index is 451. The molecule has 98 valence electrons. The first kappa shape index (κ1) is 13.0. The first-order valence-electron chi connectivity index (χ1n) is 5.70. The van der Waals surface area contributed by atoms with Crippen LogP contribution in [0.15, 0.2) is 12.1 Å². The number of carbonyl (C=O) groups is 1. The molecule has 2 N–H and O–H groups in total. The second-order valence-corrected chi connectivity index (χ2v) is 4.32. The summed E-state index contributed by atoms with van der Waals surface area (Å²) in [6, 6.07) is 3.73. The minimum absolute atomic E-state index is 0.0196. The number of ether oxygens (including phenoxy) is 2. The summed E-state index contributed by atoms with van der Waals surface area (Å²) in [7, 11) is 1.62. The van der Waals surface area contributed by atoms with Crippen LogP contribution in [0.3, 0.4) is 0 Å². The highest BCUT2D eigenvalue weighted by Crippen LogP contribution is 2.39. The van der Waals surface area contributed by atoms with Gasteiger partial charge in [-0.2, -0.15) is 0 Å². The van der Waals surface area contributed by atoms with E-state index in [0.717, 1.165) is 5.56 Å². The van der Waals surface area contributed by atoms with Crippen molar-refractivity contribution in [1.82, 2.24) is 10.6 Å². The number of hydrogen-bond donors (Lipinski definition) is 2. The molecule has 0 spiro atoms. The summed E-state index contributed by atoms with van der Waals surface area (Å²) in [5, 5.41) is 6.29. The van der Waals surface area contributed by atoms with E-state index >= 15 is 0 Å². The quantitative estimate of drug-likeness (QED) is 0.792. The maximum absolute atomic E-state index is 11.0. The van der Waals surface area contributed by atoms with Crippen molar-refractivity contribution in [2.24, 2.45) is 0 Å². The summed E-state index contributed by atoms with van der Waals surface area (Å²) in [5.74, 6) is 1.29. The van der Waals surface area contributed by atoms with Crippen molar-refractivity contribution in [2.45, 2.75) is 13.0 Å². The van der Waals surface area contributed by atoms with E-state index in [1.165, 1.54) is 0 Å². The molecule has 1 aliphatic rings. The van der Waals surface area contributed by atoms with Crippen LogP contribution in [0.4, 0.5) is 0 Å². The number of rotatable bonds is 5. The highest BCUT2D eigenvalue weighted by Gasteiger charge is 2.17. The Morgan fingerprint density at radius 2 is 2.28 bits per heavy atom. The Labute approximate surface area is 110 Å². The molecule has 18 heavy (non-hydrogen) atoms. The predicted octanol–water partition coefficient (Wildman–Crippen LogP) is 1.29. The van der Waals surface area contributed by atoms with Crippen LogP contribution in [0.25, 0.3) is 0 Å². The van der Waals surface area contributed by atoms with Crippen molar-refractivity contribution in [1.29, 1.82) is 0 Å². The molecule has 5 nitrogen and oxygen atoms in total. The molecule has 0 atom stereocenters. The van der Waals surface area contributed by atoms with Crippen LogP contribution in [-0.4, -0.2) is 26.3 Å². The van der Waals surface area contributed by atoms with E-state index in [4.69, 9.17) is 21.1 Å². The fourth-order valence-electron chi connectivity index (χ4n) is 1.68.